The van der Waals surface area contributed by atoms with E-state index in [9.17, 15) is 0 Å². The first-order valence-electron chi connectivity index (χ1n) is 1.34. The smallest absolute Gasteiger partial charge is 1.00 e. The van der Waals surface area contributed by atoms with Crippen molar-refractivity contribution in [2.45, 2.75) is 0 Å². The minimum atomic E-state index is 0. The maximum absolute atomic E-state index is 2.00. The van der Waals surface area contributed by atoms with E-state index in [-0.39, 0.29) is 47.9 Å². The van der Waals surface area contributed by atoms with Gasteiger partial charge < -0.3 is 29.7 Å². The van der Waals surface area contributed by atoms with Crippen LogP contribution in [0.5, 0.6) is 0 Å². The molecular weight excluding hydrogens is 145 g/mol. The SMILES string of the molecule is CN(C)C.[Cl-].[Cl-].[Mg+2]. The molecule has 0 aromatic heterocycles. The van der Waals surface area contributed by atoms with Crippen molar-refractivity contribution in [1.82, 2.24) is 4.90 Å². The van der Waals surface area contributed by atoms with Crippen LogP contribution in [0.4, 0.5) is 0 Å². The summed E-state index contributed by atoms with van der Waals surface area (Å²) in [7, 11) is 6.00. The van der Waals surface area contributed by atoms with Crippen LogP contribution in [-0.4, -0.2) is 49.1 Å². The van der Waals surface area contributed by atoms with Crippen LogP contribution in [0, 0.1) is 0 Å². The average molecular weight is 154 g/mol. The summed E-state index contributed by atoms with van der Waals surface area (Å²) in [5.74, 6) is 0. The van der Waals surface area contributed by atoms with Crippen molar-refractivity contribution in [2.75, 3.05) is 21.1 Å². The van der Waals surface area contributed by atoms with E-state index in [1.54, 1.807) is 0 Å². The van der Waals surface area contributed by atoms with Gasteiger partial charge in [-0.25, -0.2) is 0 Å². The van der Waals surface area contributed by atoms with Crippen molar-refractivity contribution >= 4 is 23.1 Å². The third-order valence-electron chi connectivity index (χ3n) is 0. The van der Waals surface area contributed by atoms with Gasteiger partial charge in [-0.2, -0.15) is 0 Å². The van der Waals surface area contributed by atoms with Gasteiger partial charge >= 0.3 is 23.1 Å². The van der Waals surface area contributed by atoms with Gasteiger partial charge in [-0.1, -0.05) is 0 Å². The first-order chi connectivity index (χ1) is 1.73. The molecule has 0 atom stereocenters. The van der Waals surface area contributed by atoms with Crippen molar-refractivity contribution in [1.29, 1.82) is 0 Å². The third kappa shape index (κ3) is 121. The normalized spacial score (nSPS) is 5.14. The van der Waals surface area contributed by atoms with E-state index < -0.39 is 0 Å². The molecule has 0 aliphatic carbocycles. The first-order valence-corrected chi connectivity index (χ1v) is 1.34. The Balaban J connectivity index is -0.0000000150. The van der Waals surface area contributed by atoms with Gasteiger partial charge in [0.15, 0.2) is 0 Å². The number of halogens is 2. The molecule has 0 saturated carbocycles. The van der Waals surface area contributed by atoms with Crippen LogP contribution in [-0.2, 0) is 0 Å². The largest absolute Gasteiger partial charge is 2.00 e. The molecule has 7 heavy (non-hydrogen) atoms. The topological polar surface area (TPSA) is 3.24 Å². The zero-order valence-corrected chi connectivity index (χ0v) is 7.84. The second kappa shape index (κ2) is 15.7. The number of rotatable bonds is 0. The van der Waals surface area contributed by atoms with Gasteiger partial charge in [-0.3, -0.25) is 0 Å². The maximum atomic E-state index is 2.00. The molecule has 42 valence electrons. The van der Waals surface area contributed by atoms with E-state index in [2.05, 4.69) is 0 Å². The van der Waals surface area contributed by atoms with E-state index in [0.717, 1.165) is 0 Å². The van der Waals surface area contributed by atoms with Gasteiger partial charge in [0.2, 0.25) is 0 Å². The summed E-state index contributed by atoms with van der Waals surface area (Å²) >= 11 is 0. The second-order valence-electron chi connectivity index (χ2n) is 1.34. The summed E-state index contributed by atoms with van der Waals surface area (Å²) in [6, 6.07) is 0. The second-order valence-corrected chi connectivity index (χ2v) is 1.34. The van der Waals surface area contributed by atoms with Crippen LogP contribution in [0.3, 0.4) is 0 Å². The number of nitrogens with zero attached hydrogens (tertiary/aromatic N) is 1. The Morgan fingerprint density at radius 2 is 0.857 bits per heavy atom. The van der Waals surface area contributed by atoms with Crippen molar-refractivity contribution in [3.8, 4) is 0 Å². The average Bonchev–Trinajstić information content (AvgIpc) is 0.811. The summed E-state index contributed by atoms with van der Waals surface area (Å²) in [6.07, 6.45) is 0. The van der Waals surface area contributed by atoms with E-state index in [1.165, 1.54) is 0 Å². The molecule has 1 nitrogen and oxygen atoms in total. The summed E-state index contributed by atoms with van der Waals surface area (Å²) in [5.41, 5.74) is 0. The summed E-state index contributed by atoms with van der Waals surface area (Å²) in [5, 5.41) is 0. The Morgan fingerprint density at radius 3 is 0.857 bits per heavy atom. The van der Waals surface area contributed by atoms with Gasteiger partial charge in [-0.15, -0.1) is 0 Å². The molecule has 0 fully saturated rings. The fraction of sp³-hybridized carbons (Fsp3) is 1.00. The minimum Gasteiger partial charge on any atom is -1.00 e. The zero-order valence-electron chi connectivity index (χ0n) is 4.91. The van der Waals surface area contributed by atoms with E-state index in [0.29, 0.717) is 0 Å². The van der Waals surface area contributed by atoms with Crippen LogP contribution < -0.4 is 24.8 Å². The Morgan fingerprint density at radius 1 is 0.857 bits per heavy atom. The number of hydrogen-bond donors (Lipinski definition) is 0. The molecule has 0 radical (unpaired) electrons. The van der Waals surface area contributed by atoms with Crippen LogP contribution in [0.15, 0.2) is 0 Å². The Hall–Kier alpha value is 1.31. The monoisotopic (exact) mass is 153 g/mol. The fourth-order valence-corrected chi connectivity index (χ4v) is 0. The van der Waals surface area contributed by atoms with Crippen LogP contribution in [0.1, 0.15) is 0 Å². The van der Waals surface area contributed by atoms with E-state index >= 15 is 0 Å². The molecule has 0 saturated heterocycles. The predicted octanol–water partition coefficient (Wildman–Crippen LogP) is -6.19. The molecule has 4 heteroatoms. The minimum absolute atomic E-state index is 0. The molecule has 0 heterocycles. The van der Waals surface area contributed by atoms with E-state index in [4.69, 9.17) is 0 Å². The molecule has 0 aliphatic rings. The molecule has 0 amide bonds. The van der Waals surface area contributed by atoms with Crippen molar-refractivity contribution < 1.29 is 24.8 Å². The molecule has 0 aromatic carbocycles. The van der Waals surface area contributed by atoms with Gasteiger partial charge in [0.25, 0.3) is 0 Å². The van der Waals surface area contributed by atoms with Crippen LogP contribution in [0.2, 0.25) is 0 Å². The number of hydrogen-bond acceptors (Lipinski definition) is 1. The van der Waals surface area contributed by atoms with Gasteiger partial charge in [0.1, 0.15) is 0 Å². The molecule has 0 N–H and O–H groups in total. The molecule has 0 bridgehead atoms. The maximum Gasteiger partial charge on any atom is 2.00 e. The third-order valence-corrected chi connectivity index (χ3v) is 0. The first kappa shape index (κ1) is 23.9. The fourth-order valence-electron chi connectivity index (χ4n) is 0. The Bertz CT molecular complexity index is 17.7. The van der Waals surface area contributed by atoms with Crippen molar-refractivity contribution in [3.63, 3.8) is 0 Å². The van der Waals surface area contributed by atoms with Crippen molar-refractivity contribution in [3.05, 3.63) is 0 Å². The Labute approximate surface area is 73.8 Å². The molecule has 0 aliphatic heterocycles. The predicted molar refractivity (Wildman–Crippen MR) is 25.4 cm³/mol. The van der Waals surface area contributed by atoms with Crippen LogP contribution >= 0.6 is 0 Å². The molecule has 0 unspecified atom stereocenters. The standard InChI is InChI=1S/C3H9N.2ClH.Mg/c1-4(2)3;;;/h1-3H3;2*1H;/q;;;+2/p-2. The molecule has 0 aromatic rings. The van der Waals surface area contributed by atoms with Crippen molar-refractivity contribution in [2.24, 2.45) is 0 Å². The summed E-state index contributed by atoms with van der Waals surface area (Å²) in [4.78, 5) is 2.00. The zero-order chi connectivity index (χ0) is 3.58. The summed E-state index contributed by atoms with van der Waals surface area (Å²) in [6.45, 7) is 0. The van der Waals surface area contributed by atoms with Gasteiger partial charge in [-0.05, 0) is 21.1 Å². The Kier molecular flexibility index (Phi) is 53.5. The summed E-state index contributed by atoms with van der Waals surface area (Å²) < 4.78 is 0. The van der Waals surface area contributed by atoms with E-state index in [1.807, 2.05) is 26.0 Å². The van der Waals surface area contributed by atoms with Crippen LogP contribution in [0.25, 0.3) is 0 Å². The molecule has 0 spiro atoms. The molecular formula is C3H9Cl2MgN. The quantitative estimate of drug-likeness (QED) is 0.314. The molecule has 0 rings (SSSR count). The van der Waals surface area contributed by atoms with Gasteiger partial charge in [0, 0.05) is 0 Å². The van der Waals surface area contributed by atoms with Gasteiger partial charge in [0.05, 0.1) is 0 Å².